The molecule has 0 aliphatic carbocycles. The Bertz CT molecular complexity index is 530. The Morgan fingerprint density at radius 3 is 2.84 bits per heavy atom. The molecular weight excluding hydrogens is 268 g/mol. The van der Waals surface area contributed by atoms with E-state index in [1.165, 1.54) is 0 Å². The van der Waals surface area contributed by atoms with Gasteiger partial charge in [0.1, 0.15) is 0 Å². The Kier molecular flexibility index (Phi) is 4.01. The third kappa shape index (κ3) is 3.03. The molecule has 0 fully saturated rings. The summed E-state index contributed by atoms with van der Waals surface area (Å²) >= 11 is 5.98. The van der Waals surface area contributed by atoms with E-state index >= 15 is 0 Å². The van der Waals surface area contributed by atoms with Crippen molar-refractivity contribution in [3.63, 3.8) is 0 Å². The van der Waals surface area contributed by atoms with E-state index in [0.29, 0.717) is 29.0 Å². The van der Waals surface area contributed by atoms with E-state index < -0.39 is 0 Å². The lowest BCUT2D eigenvalue weighted by Gasteiger charge is -2.26. The van der Waals surface area contributed by atoms with Crippen LogP contribution in [0.1, 0.15) is 5.56 Å². The predicted molar refractivity (Wildman–Crippen MR) is 74.1 cm³/mol. The summed E-state index contributed by atoms with van der Waals surface area (Å²) in [5.41, 5.74) is 10.3. The number of hydrogen-bond acceptors (Lipinski definition) is 6. The largest absolute Gasteiger partial charge is 0.481 e. The molecule has 0 unspecified atom stereocenters. The molecule has 1 heterocycles. The van der Waals surface area contributed by atoms with Gasteiger partial charge in [-0.2, -0.15) is 5.12 Å². The van der Waals surface area contributed by atoms with E-state index in [9.17, 15) is 0 Å². The van der Waals surface area contributed by atoms with E-state index in [0.717, 1.165) is 5.56 Å². The quantitative estimate of drug-likeness (QED) is 0.826. The zero-order valence-corrected chi connectivity index (χ0v) is 11.4. The topological polar surface area (TPSA) is 72.1 Å². The van der Waals surface area contributed by atoms with Crippen molar-refractivity contribution >= 4 is 23.2 Å². The molecule has 7 heteroatoms. The molecule has 0 spiro atoms. The summed E-state index contributed by atoms with van der Waals surface area (Å²) in [4.78, 5) is 0. The fraction of sp³-hybridized carbons (Fsp3) is 0.250. The van der Waals surface area contributed by atoms with E-state index in [-0.39, 0.29) is 0 Å². The zero-order chi connectivity index (χ0) is 13.8. The van der Waals surface area contributed by atoms with Gasteiger partial charge in [0.05, 0.1) is 37.6 Å². The number of nitrogens with one attached hydrogen (secondary N) is 1. The van der Waals surface area contributed by atoms with Crippen molar-refractivity contribution in [2.45, 2.75) is 6.54 Å². The minimum atomic E-state index is 0.431. The number of halogens is 1. The number of benzene rings is 1. The van der Waals surface area contributed by atoms with Crippen LogP contribution in [0.25, 0.3) is 0 Å². The lowest BCUT2D eigenvalue weighted by Crippen LogP contribution is -2.37. The van der Waals surface area contributed by atoms with Crippen LogP contribution in [0.5, 0.6) is 0 Å². The molecule has 1 aromatic carbocycles. The molecule has 0 aromatic heterocycles. The van der Waals surface area contributed by atoms with Crippen molar-refractivity contribution in [1.29, 1.82) is 0 Å². The number of hydrazone groups is 1. The van der Waals surface area contributed by atoms with E-state index in [2.05, 4.69) is 10.5 Å². The van der Waals surface area contributed by atoms with E-state index in [1.54, 1.807) is 31.5 Å². The molecule has 0 saturated carbocycles. The monoisotopic (exact) mass is 282 g/mol. The highest BCUT2D eigenvalue weighted by Gasteiger charge is 2.15. The zero-order valence-electron chi connectivity index (χ0n) is 10.7. The van der Waals surface area contributed by atoms with Crippen LogP contribution in [0.15, 0.2) is 35.3 Å². The lowest BCUT2D eigenvalue weighted by molar-refractivity contribution is 0.127. The van der Waals surface area contributed by atoms with Crippen LogP contribution in [0, 0.1) is 0 Å². The Morgan fingerprint density at radius 2 is 2.16 bits per heavy atom. The van der Waals surface area contributed by atoms with Crippen LogP contribution in [0.3, 0.4) is 0 Å². The van der Waals surface area contributed by atoms with Gasteiger partial charge in [0.15, 0.2) is 0 Å². The van der Waals surface area contributed by atoms with Crippen molar-refractivity contribution in [1.82, 2.24) is 10.5 Å². The maximum atomic E-state index is 5.98. The van der Waals surface area contributed by atoms with Gasteiger partial charge in [-0.05, 0) is 11.6 Å². The minimum absolute atomic E-state index is 0.431. The van der Waals surface area contributed by atoms with E-state index in [4.69, 9.17) is 26.8 Å². The van der Waals surface area contributed by atoms with Crippen LogP contribution in [0.4, 0.5) is 5.69 Å². The van der Waals surface area contributed by atoms with Gasteiger partial charge in [0.25, 0.3) is 0 Å². The van der Waals surface area contributed by atoms with Gasteiger partial charge >= 0.3 is 0 Å². The summed E-state index contributed by atoms with van der Waals surface area (Å²) in [5, 5.41) is 6.32. The molecule has 0 amide bonds. The summed E-state index contributed by atoms with van der Waals surface area (Å²) in [6.07, 6.45) is 1.65. The highest BCUT2D eigenvalue weighted by atomic mass is 35.5. The molecule has 0 bridgehead atoms. The Labute approximate surface area is 116 Å². The number of nitrogen functional groups attached to an aromatic ring is 1. The van der Waals surface area contributed by atoms with Gasteiger partial charge in [-0.1, -0.05) is 23.7 Å². The summed E-state index contributed by atoms with van der Waals surface area (Å²) in [7, 11) is 3.10. The predicted octanol–water partition coefficient (Wildman–Crippen LogP) is 1.69. The number of hydrazine groups is 1. The van der Waals surface area contributed by atoms with Gasteiger partial charge < -0.3 is 15.2 Å². The number of nitrogens with zero attached hydrogens (tertiary/aromatic N) is 2. The maximum absolute atomic E-state index is 5.98. The molecule has 1 aliphatic rings. The standard InChI is InChI=1S/C12H15ClN4O2/c1-18-10-6-11(19-2)16-17(15-10)7-8-4-3-5-9(13)12(8)14/h3-6,15H,7,14H2,1-2H3. The SMILES string of the molecule is COC1=CC(OC)=NN(Cc2cccc(Cl)c2N)N1. The molecule has 6 nitrogen and oxygen atoms in total. The van der Waals surface area contributed by atoms with E-state index in [1.807, 2.05) is 12.1 Å². The third-order valence-electron chi connectivity index (χ3n) is 2.61. The van der Waals surface area contributed by atoms with Gasteiger partial charge in [-0.15, -0.1) is 5.10 Å². The minimum Gasteiger partial charge on any atom is -0.481 e. The molecule has 19 heavy (non-hydrogen) atoms. The van der Waals surface area contributed by atoms with Gasteiger partial charge in [-0.3, -0.25) is 5.43 Å². The lowest BCUT2D eigenvalue weighted by atomic mass is 10.2. The average molecular weight is 283 g/mol. The molecule has 1 aliphatic heterocycles. The van der Waals surface area contributed by atoms with Crippen LogP contribution >= 0.6 is 11.6 Å². The number of anilines is 1. The summed E-state index contributed by atoms with van der Waals surface area (Å²) in [5.74, 6) is 0.976. The number of nitrogens with two attached hydrogens (primary N) is 1. The third-order valence-corrected chi connectivity index (χ3v) is 2.94. The molecule has 0 saturated heterocycles. The number of methoxy groups -OCH3 is 2. The molecule has 2 rings (SSSR count). The number of para-hydroxylation sites is 1. The second-order valence-electron chi connectivity index (χ2n) is 3.84. The fourth-order valence-electron chi connectivity index (χ4n) is 1.60. The first kappa shape index (κ1) is 13.4. The highest BCUT2D eigenvalue weighted by Crippen LogP contribution is 2.23. The number of ether oxygens (including phenoxy) is 2. The van der Waals surface area contributed by atoms with Crippen molar-refractivity contribution < 1.29 is 9.47 Å². The summed E-state index contributed by atoms with van der Waals surface area (Å²) in [6.45, 7) is 0.431. The van der Waals surface area contributed by atoms with Crippen LogP contribution in [-0.2, 0) is 16.0 Å². The number of rotatable bonds is 3. The molecule has 102 valence electrons. The molecule has 0 radical (unpaired) electrons. The van der Waals surface area contributed by atoms with Crippen molar-refractivity contribution in [3.8, 4) is 0 Å². The summed E-state index contributed by atoms with van der Waals surface area (Å²) < 4.78 is 10.2. The molecular formula is C12H15ClN4O2. The van der Waals surface area contributed by atoms with Crippen LogP contribution in [0.2, 0.25) is 5.02 Å². The fourth-order valence-corrected chi connectivity index (χ4v) is 1.80. The second kappa shape index (κ2) is 5.71. The Balaban J connectivity index is 2.18. The Hall–Kier alpha value is -2.08. The number of hydrogen-bond donors (Lipinski definition) is 2. The van der Waals surface area contributed by atoms with Crippen LogP contribution in [-0.4, -0.2) is 25.2 Å². The van der Waals surface area contributed by atoms with Crippen LogP contribution < -0.4 is 11.2 Å². The van der Waals surface area contributed by atoms with Crippen molar-refractivity contribution in [2.75, 3.05) is 20.0 Å². The van der Waals surface area contributed by atoms with Gasteiger partial charge in [-0.25, -0.2) is 0 Å². The average Bonchev–Trinajstić information content (AvgIpc) is 2.43. The second-order valence-corrected chi connectivity index (χ2v) is 4.24. The van der Waals surface area contributed by atoms with Crippen molar-refractivity contribution in [3.05, 3.63) is 40.7 Å². The first-order valence-electron chi connectivity index (χ1n) is 5.59. The summed E-state index contributed by atoms with van der Waals surface area (Å²) in [6, 6.07) is 5.47. The molecule has 3 N–H and O–H groups in total. The first-order chi connectivity index (χ1) is 9.13. The highest BCUT2D eigenvalue weighted by molar-refractivity contribution is 6.33. The van der Waals surface area contributed by atoms with Gasteiger partial charge in [0.2, 0.25) is 11.8 Å². The van der Waals surface area contributed by atoms with Crippen molar-refractivity contribution in [2.24, 2.45) is 5.10 Å². The van der Waals surface area contributed by atoms with Gasteiger partial charge in [0, 0.05) is 0 Å². The maximum Gasteiger partial charge on any atom is 0.237 e. The first-order valence-corrected chi connectivity index (χ1v) is 5.97. The Morgan fingerprint density at radius 1 is 1.37 bits per heavy atom. The normalized spacial score (nSPS) is 14.4. The molecule has 1 aromatic rings. The molecule has 0 atom stereocenters. The smallest absolute Gasteiger partial charge is 0.237 e.